The zero-order valence-corrected chi connectivity index (χ0v) is 15.2. The second-order valence-electron chi connectivity index (χ2n) is 6.11. The second kappa shape index (κ2) is 7.11. The summed E-state index contributed by atoms with van der Waals surface area (Å²) in [7, 11) is 0. The zero-order chi connectivity index (χ0) is 16.4. The van der Waals surface area contributed by atoms with Gasteiger partial charge in [0.1, 0.15) is 6.10 Å². The van der Waals surface area contributed by atoms with Crippen LogP contribution in [0.3, 0.4) is 0 Å². The van der Waals surface area contributed by atoms with Crippen LogP contribution in [0.4, 0.5) is 10.8 Å². The molecule has 1 fully saturated rings. The maximum atomic E-state index is 5.53. The summed E-state index contributed by atoms with van der Waals surface area (Å²) in [6.07, 6.45) is 4.73. The van der Waals surface area contributed by atoms with Gasteiger partial charge in [0.2, 0.25) is 5.13 Å². The lowest BCUT2D eigenvalue weighted by molar-refractivity contribution is 0.103. The highest BCUT2D eigenvalue weighted by molar-refractivity contribution is 8.01. The van der Waals surface area contributed by atoms with Crippen LogP contribution in [0.25, 0.3) is 0 Å². The zero-order valence-electron chi connectivity index (χ0n) is 13.6. The van der Waals surface area contributed by atoms with Crippen molar-refractivity contribution in [2.75, 3.05) is 11.1 Å². The van der Waals surface area contributed by atoms with Crippen molar-refractivity contribution in [1.29, 1.82) is 0 Å². The van der Waals surface area contributed by atoms with Gasteiger partial charge in [0, 0.05) is 23.8 Å². The second-order valence-corrected chi connectivity index (χ2v) is 8.35. The third kappa shape index (κ3) is 3.72. The van der Waals surface area contributed by atoms with Gasteiger partial charge in [0.15, 0.2) is 4.34 Å². The molecule has 1 aromatic heterocycles. The summed E-state index contributed by atoms with van der Waals surface area (Å²) in [6.45, 7) is 2.15. The molecule has 1 aliphatic carbocycles. The number of nitrogens with zero attached hydrogens (tertiary/aromatic N) is 3. The van der Waals surface area contributed by atoms with Crippen molar-refractivity contribution in [2.45, 2.75) is 43.1 Å². The number of benzene rings is 1. The summed E-state index contributed by atoms with van der Waals surface area (Å²) >= 11 is 3.29. The van der Waals surface area contributed by atoms with Gasteiger partial charge in [-0.25, -0.2) is 0 Å². The van der Waals surface area contributed by atoms with E-state index in [0.29, 0.717) is 5.92 Å². The molecule has 1 N–H and O–H groups in total. The smallest absolute Gasteiger partial charge is 0.210 e. The molecule has 7 heteroatoms. The maximum absolute atomic E-state index is 5.53. The van der Waals surface area contributed by atoms with E-state index in [-0.39, 0.29) is 6.10 Å². The highest BCUT2D eigenvalue weighted by Crippen LogP contribution is 2.36. The molecule has 4 rings (SSSR count). The Bertz CT molecular complexity index is 742. The quantitative estimate of drug-likeness (QED) is 0.737. The van der Waals surface area contributed by atoms with Gasteiger partial charge < -0.3 is 10.2 Å². The van der Waals surface area contributed by atoms with E-state index in [1.54, 1.807) is 23.1 Å². The van der Waals surface area contributed by atoms with E-state index in [1.165, 1.54) is 24.1 Å². The van der Waals surface area contributed by atoms with E-state index in [2.05, 4.69) is 45.8 Å². The first-order valence-corrected chi connectivity index (χ1v) is 10.2. The van der Waals surface area contributed by atoms with E-state index < -0.39 is 0 Å². The van der Waals surface area contributed by atoms with Crippen molar-refractivity contribution >= 4 is 39.6 Å². The van der Waals surface area contributed by atoms with Crippen molar-refractivity contribution in [2.24, 2.45) is 11.1 Å². The van der Waals surface area contributed by atoms with Crippen molar-refractivity contribution in [1.82, 2.24) is 10.2 Å². The Kier molecular flexibility index (Phi) is 4.71. The molecule has 2 heterocycles. The lowest BCUT2D eigenvalue weighted by Gasteiger charge is -2.07. The average molecular weight is 361 g/mol. The van der Waals surface area contributed by atoms with Crippen LogP contribution in [0, 0.1) is 5.92 Å². The number of aryl methyl sites for hydroxylation is 1. The van der Waals surface area contributed by atoms with E-state index in [1.807, 2.05) is 6.07 Å². The van der Waals surface area contributed by atoms with Gasteiger partial charge in [-0.3, -0.25) is 0 Å². The van der Waals surface area contributed by atoms with Crippen molar-refractivity contribution < 1.29 is 4.84 Å². The lowest BCUT2D eigenvalue weighted by atomic mass is 10.1. The van der Waals surface area contributed by atoms with Crippen LogP contribution < -0.4 is 5.32 Å². The van der Waals surface area contributed by atoms with Gasteiger partial charge in [-0.2, -0.15) is 0 Å². The number of hydrogen-bond donors (Lipinski definition) is 1. The van der Waals surface area contributed by atoms with E-state index in [9.17, 15) is 0 Å². The van der Waals surface area contributed by atoms with Crippen molar-refractivity contribution in [3.05, 3.63) is 29.8 Å². The Morgan fingerprint density at radius 1 is 1.29 bits per heavy atom. The molecule has 2 aromatic rings. The Labute approximate surface area is 149 Å². The number of oxime groups is 1. The van der Waals surface area contributed by atoms with E-state index in [0.717, 1.165) is 33.8 Å². The molecule has 1 atom stereocenters. The lowest BCUT2D eigenvalue weighted by Crippen LogP contribution is -2.11. The van der Waals surface area contributed by atoms with Crippen molar-refractivity contribution in [3.8, 4) is 0 Å². The summed E-state index contributed by atoms with van der Waals surface area (Å²) in [5.74, 6) is 1.58. The molecular weight excluding hydrogens is 340 g/mol. The summed E-state index contributed by atoms with van der Waals surface area (Å²) in [6, 6.07) is 8.31. The van der Waals surface area contributed by atoms with E-state index in [4.69, 9.17) is 4.84 Å². The molecule has 1 unspecified atom stereocenters. The third-order valence-electron chi connectivity index (χ3n) is 4.24. The molecule has 0 radical (unpaired) electrons. The van der Waals surface area contributed by atoms with Crippen LogP contribution in [0.2, 0.25) is 0 Å². The van der Waals surface area contributed by atoms with Crippen LogP contribution in [0.1, 0.15) is 31.7 Å². The monoisotopic (exact) mass is 360 g/mol. The normalized spacial score (nSPS) is 19.9. The topological polar surface area (TPSA) is 59.4 Å². The molecule has 1 aromatic carbocycles. The Morgan fingerprint density at radius 3 is 3.00 bits per heavy atom. The molecule has 1 saturated carbocycles. The minimum Gasteiger partial charge on any atom is -0.391 e. The third-order valence-corrected chi connectivity index (χ3v) is 6.35. The molecule has 0 amide bonds. The van der Waals surface area contributed by atoms with Gasteiger partial charge in [0.25, 0.3) is 0 Å². The first kappa shape index (κ1) is 15.9. The summed E-state index contributed by atoms with van der Waals surface area (Å²) in [5, 5.41) is 17.0. The van der Waals surface area contributed by atoms with Gasteiger partial charge in [-0.1, -0.05) is 53.4 Å². The summed E-state index contributed by atoms with van der Waals surface area (Å²) in [5.41, 5.74) is 3.65. The fraction of sp³-hybridized carbons (Fsp3) is 0.471. The number of hydrogen-bond acceptors (Lipinski definition) is 7. The van der Waals surface area contributed by atoms with Gasteiger partial charge >= 0.3 is 0 Å². The molecule has 24 heavy (non-hydrogen) atoms. The minimum absolute atomic E-state index is 0.187. The fourth-order valence-corrected chi connectivity index (χ4v) is 4.52. The number of thioether (sulfide) groups is 1. The molecule has 2 aliphatic rings. The molecule has 1 aliphatic heterocycles. The molecule has 126 valence electrons. The Balaban J connectivity index is 1.30. The summed E-state index contributed by atoms with van der Waals surface area (Å²) in [4.78, 5) is 5.53. The maximum Gasteiger partial charge on any atom is 0.210 e. The van der Waals surface area contributed by atoms with Crippen LogP contribution in [0.5, 0.6) is 0 Å². The van der Waals surface area contributed by atoms with Gasteiger partial charge in [-0.05, 0) is 30.9 Å². The molecule has 0 bridgehead atoms. The number of rotatable bonds is 7. The molecule has 0 spiro atoms. The fourth-order valence-electron chi connectivity index (χ4n) is 2.75. The number of nitrogens with one attached hydrogen (secondary N) is 1. The van der Waals surface area contributed by atoms with Crippen LogP contribution in [-0.4, -0.2) is 27.8 Å². The number of para-hydroxylation sites is 1. The highest BCUT2D eigenvalue weighted by Gasteiger charge is 2.33. The van der Waals surface area contributed by atoms with Gasteiger partial charge in [0.05, 0.1) is 5.71 Å². The number of anilines is 2. The Hall–Kier alpha value is -1.60. The number of aromatic nitrogens is 2. The van der Waals surface area contributed by atoms with Gasteiger partial charge in [-0.15, -0.1) is 10.2 Å². The van der Waals surface area contributed by atoms with E-state index >= 15 is 0 Å². The average Bonchev–Trinajstić information content (AvgIpc) is 3.18. The predicted molar refractivity (Wildman–Crippen MR) is 99.4 cm³/mol. The summed E-state index contributed by atoms with van der Waals surface area (Å²) < 4.78 is 0.968. The standard InChI is InChI=1S/C17H20N4OS2/c1-2-11-5-3-4-6-14(11)18-16-19-20-17(24-16)23-10-13-9-15(21-22-13)12-7-8-12/h3-6,12-13H,2,7-10H2,1H3,(H,18,19). The minimum atomic E-state index is 0.187. The largest absolute Gasteiger partial charge is 0.391 e. The first-order chi connectivity index (χ1) is 11.8. The first-order valence-electron chi connectivity index (χ1n) is 8.35. The van der Waals surface area contributed by atoms with Crippen molar-refractivity contribution in [3.63, 3.8) is 0 Å². The molecular formula is C17H20N4OS2. The van der Waals surface area contributed by atoms with Crippen LogP contribution >= 0.6 is 23.1 Å². The van der Waals surface area contributed by atoms with Crippen LogP contribution in [0.15, 0.2) is 33.8 Å². The molecule has 0 saturated heterocycles. The Morgan fingerprint density at radius 2 is 2.17 bits per heavy atom. The SMILES string of the molecule is CCc1ccccc1Nc1nnc(SCC2CC(C3CC3)=NO2)s1. The molecule has 5 nitrogen and oxygen atoms in total. The van der Waals surface area contributed by atoms with Crippen LogP contribution in [-0.2, 0) is 11.3 Å². The predicted octanol–water partition coefficient (Wildman–Crippen LogP) is 4.49. The highest BCUT2D eigenvalue weighted by atomic mass is 32.2.